The fraction of sp³-hybridized carbons (Fsp3) is 0.0952. The number of hydrogen-bond donors (Lipinski definition) is 2. The summed E-state index contributed by atoms with van der Waals surface area (Å²) >= 11 is 5.82. The van der Waals surface area contributed by atoms with Crippen LogP contribution in [0.15, 0.2) is 78.9 Å². The van der Waals surface area contributed by atoms with E-state index in [9.17, 15) is 4.79 Å². The maximum absolute atomic E-state index is 12.0. The number of hydrogen-bond acceptors (Lipinski definition) is 3. The third kappa shape index (κ3) is 6.24. The number of halogens is 1. The molecule has 3 rings (SSSR count). The van der Waals surface area contributed by atoms with Gasteiger partial charge in [-0.1, -0.05) is 29.8 Å². The van der Waals surface area contributed by atoms with Gasteiger partial charge in [0, 0.05) is 16.4 Å². The Labute approximate surface area is 162 Å². The van der Waals surface area contributed by atoms with Gasteiger partial charge < -0.3 is 20.1 Å². The topological polar surface area (TPSA) is 59.6 Å². The Morgan fingerprint density at radius 3 is 1.74 bits per heavy atom. The van der Waals surface area contributed by atoms with E-state index in [1.807, 2.05) is 30.3 Å². The zero-order chi connectivity index (χ0) is 18.9. The van der Waals surface area contributed by atoms with Crippen molar-refractivity contribution in [2.75, 3.05) is 23.8 Å². The predicted molar refractivity (Wildman–Crippen MR) is 108 cm³/mol. The number of para-hydroxylation sites is 1. The minimum absolute atomic E-state index is 0.331. The lowest BCUT2D eigenvalue weighted by molar-refractivity contribution is 0.217. The van der Waals surface area contributed by atoms with Gasteiger partial charge in [0.25, 0.3) is 0 Å². The normalized spacial score (nSPS) is 10.1. The SMILES string of the molecule is O=C(Nc1ccc(Cl)cc1)Nc1ccc(OCCOc2ccccc2)cc1. The molecule has 0 spiro atoms. The maximum Gasteiger partial charge on any atom is 0.323 e. The van der Waals surface area contributed by atoms with Crippen molar-refractivity contribution < 1.29 is 14.3 Å². The van der Waals surface area contributed by atoms with Crippen molar-refractivity contribution in [2.45, 2.75) is 0 Å². The molecule has 0 bridgehead atoms. The van der Waals surface area contributed by atoms with Crippen molar-refractivity contribution in [3.05, 3.63) is 83.9 Å². The van der Waals surface area contributed by atoms with Gasteiger partial charge in [0.2, 0.25) is 0 Å². The van der Waals surface area contributed by atoms with Gasteiger partial charge in [0.1, 0.15) is 24.7 Å². The van der Waals surface area contributed by atoms with Crippen molar-refractivity contribution in [1.82, 2.24) is 0 Å². The third-order valence-electron chi connectivity index (χ3n) is 3.58. The van der Waals surface area contributed by atoms with Crippen LogP contribution in [0.2, 0.25) is 5.02 Å². The van der Waals surface area contributed by atoms with Crippen LogP contribution in [0.5, 0.6) is 11.5 Å². The number of carbonyl (C=O) groups excluding carboxylic acids is 1. The Bertz CT molecular complexity index is 853. The third-order valence-corrected chi connectivity index (χ3v) is 3.83. The molecule has 27 heavy (non-hydrogen) atoms. The van der Waals surface area contributed by atoms with Crippen LogP contribution in [-0.4, -0.2) is 19.2 Å². The van der Waals surface area contributed by atoms with E-state index in [2.05, 4.69) is 10.6 Å². The molecule has 0 aliphatic rings. The van der Waals surface area contributed by atoms with Gasteiger partial charge in [-0.25, -0.2) is 4.79 Å². The van der Waals surface area contributed by atoms with Gasteiger partial charge in [0.05, 0.1) is 0 Å². The molecular weight excluding hydrogens is 364 g/mol. The molecular formula is C21H19ClN2O3. The van der Waals surface area contributed by atoms with E-state index in [-0.39, 0.29) is 6.03 Å². The second kappa shape index (κ2) is 9.50. The minimum atomic E-state index is -0.331. The number of nitrogens with one attached hydrogen (secondary N) is 2. The second-order valence-corrected chi connectivity index (χ2v) is 6.06. The molecule has 0 aliphatic carbocycles. The molecule has 6 heteroatoms. The molecule has 3 aromatic carbocycles. The molecule has 0 atom stereocenters. The van der Waals surface area contributed by atoms with E-state index in [0.29, 0.717) is 35.4 Å². The number of anilines is 2. The molecule has 0 aliphatic heterocycles. The zero-order valence-corrected chi connectivity index (χ0v) is 15.3. The summed E-state index contributed by atoms with van der Waals surface area (Å²) in [5.74, 6) is 1.52. The van der Waals surface area contributed by atoms with Crippen molar-refractivity contribution in [2.24, 2.45) is 0 Å². The summed E-state index contributed by atoms with van der Waals surface area (Å²) in [7, 11) is 0. The first kappa shape index (κ1) is 18.6. The molecule has 5 nitrogen and oxygen atoms in total. The lowest BCUT2D eigenvalue weighted by Gasteiger charge is -2.10. The molecule has 0 aromatic heterocycles. The highest BCUT2D eigenvalue weighted by atomic mass is 35.5. The zero-order valence-electron chi connectivity index (χ0n) is 14.5. The van der Waals surface area contributed by atoms with Gasteiger partial charge in [0.15, 0.2) is 0 Å². The molecule has 0 saturated carbocycles. The summed E-state index contributed by atoms with van der Waals surface area (Å²) in [6, 6.07) is 23.3. The maximum atomic E-state index is 12.0. The van der Waals surface area contributed by atoms with Crippen molar-refractivity contribution in [3.63, 3.8) is 0 Å². The average molecular weight is 383 g/mol. The van der Waals surface area contributed by atoms with E-state index < -0.39 is 0 Å². The lowest BCUT2D eigenvalue weighted by Crippen LogP contribution is -2.19. The van der Waals surface area contributed by atoms with Crippen molar-refractivity contribution >= 4 is 29.0 Å². The summed E-state index contributed by atoms with van der Waals surface area (Å²) in [6.07, 6.45) is 0. The molecule has 138 valence electrons. The highest BCUT2D eigenvalue weighted by Crippen LogP contribution is 2.17. The second-order valence-electron chi connectivity index (χ2n) is 5.62. The standard InChI is InChI=1S/C21H19ClN2O3/c22-16-6-8-17(9-7-16)23-21(25)24-18-10-12-20(13-11-18)27-15-14-26-19-4-2-1-3-5-19/h1-13H,14-15H2,(H2,23,24,25). The molecule has 2 N–H and O–H groups in total. The number of amides is 2. The predicted octanol–water partition coefficient (Wildman–Crippen LogP) is 5.44. The highest BCUT2D eigenvalue weighted by Gasteiger charge is 2.03. The van der Waals surface area contributed by atoms with Crippen LogP contribution < -0.4 is 20.1 Å². The van der Waals surface area contributed by atoms with Crippen LogP contribution in [0.25, 0.3) is 0 Å². The number of rotatable bonds is 7. The Balaban J connectivity index is 1.41. The Morgan fingerprint density at radius 1 is 0.704 bits per heavy atom. The molecule has 0 unspecified atom stereocenters. The van der Waals surface area contributed by atoms with E-state index >= 15 is 0 Å². The Morgan fingerprint density at radius 2 is 1.19 bits per heavy atom. The highest BCUT2D eigenvalue weighted by molar-refractivity contribution is 6.30. The summed E-state index contributed by atoms with van der Waals surface area (Å²) in [6.45, 7) is 0.881. The monoisotopic (exact) mass is 382 g/mol. The molecule has 0 saturated heterocycles. The minimum Gasteiger partial charge on any atom is -0.490 e. The quantitative estimate of drug-likeness (QED) is 0.535. The van der Waals surface area contributed by atoms with E-state index in [4.69, 9.17) is 21.1 Å². The van der Waals surface area contributed by atoms with Crippen molar-refractivity contribution in [3.8, 4) is 11.5 Å². The van der Waals surface area contributed by atoms with Crippen LogP contribution >= 0.6 is 11.6 Å². The first-order valence-electron chi connectivity index (χ1n) is 8.43. The molecule has 0 radical (unpaired) electrons. The van der Waals surface area contributed by atoms with Gasteiger partial charge in [-0.2, -0.15) is 0 Å². The number of benzene rings is 3. The summed E-state index contributed by atoms with van der Waals surface area (Å²) < 4.78 is 11.2. The number of carbonyl (C=O) groups is 1. The smallest absolute Gasteiger partial charge is 0.323 e. The fourth-order valence-corrected chi connectivity index (χ4v) is 2.42. The molecule has 3 aromatic rings. The Hall–Kier alpha value is -3.18. The van der Waals surface area contributed by atoms with Crippen LogP contribution in [0, 0.1) is 0 Å². The average Bonchev–Trinajstić information content (AvgIpc) is 2.69. The number of ether oxygens (including phenoxy) is 2. The van der Waals surface area contributed by atoms with Crippen LogP contribution in [0.3, 0.4) is 0 Å². The van der Waals surface area contributed by atoms with Gasteiger partial charge >= 0.3 is 6.03 Å². The Kier molecular flexibility index (Phi) is 6.55. The van der Waals surface area contributed by atoms with Crippen LogP contribution in [0.1, 0.15) is 0 Å². The van der Waals surface area contributed by atoms with Crippen LogP contribution in [0.4, 0.5) is 16.2 Å². The van der Waals surface area contributed by atoms with Crippen molar-refractivity contribution in [1.29, 1.82) is 0 Å². The molecule has 0 fully saturated rings. The van der Waals surface area contributed by atoms with Gasteiger partial charge in [-0.3, -0.25) is 0 Å². The molecule has 2 amide bonds. The number of urea groups is 1. The van der Waals surface area contributed by atoms with E-state index in [1.54, 1.807) is 48.5 Å². The summed E-state index contributed by atoms with van der Waals surface area (Å²) in [5, 5.41) is 6.11. The summed E-state index contributed by atoms with van der Waals surface area (Å²) in [5.41, 5.74) is 1.32. The van der Waals surface area contributed by atoms with Gasteiger partial charge in [-0.05, 0) is 60.7 Å². The lowest BCUT2D eigenvalue weighted by atomic mass is 10.3. The first-order valence-corrected chi connectivity index (χ1v) is 8.81. The van der Waals surface area contributed by atoms with E-state index in [1.165, 1.54) is 0 Å². The first-order chi connectivity index (χ1) is 13.2. The fourth-order valence-electron chi connectivity index (χ4n) is 2.30. The largest absolute Gasteiger partial charge is 0.490 e. The van der Waals surface area contributed by atoms with Crippen LogP contribution in [-0.2, 0) is 0 Å². The van der Waals surface area contributed by atoms with E-state index in [0.717, 1.165) is 5.75 Å². The summed E-state index contributed by atoms with van der Waals surface area (Å²) in [4.78, 5) is 12.0. The van der Waals surface area contributed by atoms with Gasteiger partial charge in [-0.15, -0.1) is 0 Å². The molecule has 0 heterocycles.